The molecule has 0 aliphatic rings. The molecule has 0 atom stereocenters. The summed E-state index contributed by atoms with van der Waals surface area (Å²) in [7, 11) is 0. The van der Waals surface area contributed by atoms with Crippen LogP contribution >= 0.6 is 27.7 Å². The van der Waals surface area contributed by atoms with Crippen molar-refractivity contribution in [1.29, 1.82) is 0 Å². The third-order valence-electron chi connectivity index (χ3n) is 2.15. The molecule has 0 amide bonds. The van der Waals surface area contributed by atoms with Crippen LogP contribution in [-0.2, 0) is 6.18 Å². The van der Waals surface area contributed by atoms with Gasteiger partial charge in [0.2, 0.25) is 0 Å². The van der Waals surface area contributed by atoms with E-state index in [1.54, 1.807) is 6.07 Å². The first-order valence-electron chi connectivity index (χ1n) is 5.11. The molecule has 0 unspecified atom stereocenters. The fraction of sp³-hybridized carbons (Fsp3) is 0.500. The summed E-state index contributed by atoms with van der Waals surface area (Å²) in [6, 6.07) is 5.46. The third kappa shape index (κ3) is 4.92. The molecule has 0 spiro atoms. The highest BCUT2D eigenvalue weighted by Crippen LogP contribution is 2.34. The number of halogens is 4. The first kappa shape index (κ1) is 14.9. The van der Waals surface area contributed by atoms with Gasteiger partial charge in [-0.05, 0) is 23.6 Å². The van der Waals surface area contributed by atoms with E-state index in [-0.39, 0.29) is 5.41 Å². The predicted molar refractivity (Wildman–Crippen MR) is 69.7 cm³/mol. The lowest BCUT2D eigenvalue weighted by Crippen LogP contribution is -2.16. The predicted octanol–water partition coefficient (Wildman–Crippen LogP) is 5.22. The van der Waals surface area contributed by atoms with Gasteiger partial charge in [0.25, 0.3) is 0 Å². The number of benzene rings is 1. The smallest absolute Gasteiger partial charge is 0.166 e. The van der Waals surface area contributed by atoms with Gasteiger partial charge in [-0.2, -0.15) is 13.2 Å². The summed E-state index contributed by atoms with van der Waals surface area (Å²) >= 11 is 4.85. The Morgan fingerprint density at radius 2 is 1.88 bits per heavy atom. The number of thioether (sulfide) groups is 1. The first-order chi connectivity index (χ1) is 7.74. The zero-order chi connectivity index (χ0) is 13.1. The van der Waals surface area contributed by atoms with Crippen LogP contribution in [0.15, 0.2) is 29.2 Å². The summed E-state index contributed by atoms with van der Waals surface area (Å²) in [5, 5.41) is 0.825. The van der Waals surface area contributed by atoms with Crippen molar-refractivity contribution in [2.24, 2.45) is 5.41 Å². The maximum atomic E-state index is 12.5. The Balaban J connectivity index is 2.74. The van der Waals surface area contributed by atoms with Gasteiger partial charge in [-0.1, -0.05) is 35.8 Å². The lowest BCUT2D eigenvalue weighted by Gasteiger charge is -2.20. The van der Waals surface area contributed by atoms with E-state index < -0.39 is 11.7 Å². The van der Waals surface area contributed by atoms with E-state index in [4.69, 9.17) is 0 Å². The molecule has 0 N–H and O–H groups in total. The standard InChI is InChI=1S/C12H14BrF3S/c1-11(2,7-13)8-17-10-5-3-4-9(6-10)12(14,15)16/h3-6H,7-8H2,1-2H3. The highest BCUT2D eigenvalue weighted by molar-refractivity contribution is 9.09. The normalized spacial score (nSPS) is 12.8. The van der Waals surface area contributed by atoms with Gasteiger partial charge in [0, 0.05) is 16.0 Å². The van der Waals surface area contributed by atoms with Crippen molar-refractivity contribution < 1.29 is 13.2 Å². The lowest BCUT2D eigenvalue weighted by atomic mass is 10.0. The van der Waals surface area contributed by atoms with Crippen LogP contribution in [0.25, 0.3) is 0 Å². The zero-order valence-electron chi connectivity index (χ0n) is 9.64. The maximum Gasteiger partial charge on any atom is 0.416 e. The van der Waals surface area contributed by atoms with Gasteiger partial charge in [0.1, 0.15) is 0 Å². The van der Waals surface area contributed by atoms with Crippen LogP contribution in [0.5, 0.6) is 0 Å². The van der Waals surface area contributed by atoms with E-state index in [1.807, 2.05) is 0 Å². The molecule has 0 aromatic heterocycles. The van der Waals surface area contributed by atoms with E-state index in [1.165, 1.54) is 23.9 Å². The molecule has 0 aliphatic heterocycles. The van der Waals surface area contributed by atoms with Crippen molar-refractivity contribution in [1.82, 2.24) is 0 Å². The van der Waals surface area contributed by atoms with E-state index in [9.17, 15) is 13.2 Å². The van der Waals surface area contributed by atoms with E-state index in [0.29, 0.717) is 4.90 Å². The van der Waals surface area contributed by atoms with Crippen molar-refractivity contribution >= 4 is 27.7 Å². The van der Waals surface area contributed by atoms with Gasteiger partial charge in [0.05, 0.1) is 5.56 Å². The van der Waals surface area contributed by atoms with Crippen LogP contribution in [0, 0.1) is 5.41 Å². The molecule has 17 heavy (non-hydrogen) atoms. The molecule has 5 heteroatoms. The molecule has 0 radical (unpaired) electrons. The number of rotatable bonds is 4. The number of alkyl halides is 4. The van der Waals surface area contributed by atoms with Crippen molar-refractivity contribution in [2.75, 3.05) is 11.1 Å². The number of hydrogen-bond donors (Lipinski definition) is 0. The van der Waals surface area contributed by atoms with Crippen molar-refractivity contribution in [2.45, 2.75) is 24.9 Å². The van der Waals surface area contributed by atoms with Gasteiger partial charge in [0.15, 0.2) is 0 Å². The molecular weight excluding hydrogens is 313 g/mol. The molecule has 0 saturated heterocycles. The average Bonchev–Trinajstić information content (AvgIpc) is 2.26. The first-order valence-corrected chi connectivity index (χ1v) is 7.21. The molecule has 0 fully saturated rings. The summed E-state index contributed by atoms with van der Waals surface area (Å²) in [5.74, 6) is 0.777. The van der Waals surface area contributed by atoms with E-state index in [2.05, 4.69) is 29.8 Å². The SMILES string of the molecule is CC(C)(CBr)CSc1cccc(C(F)(F)F)c1. The summed E-state index contributed by atoms with van der Waals surface area (Å²) in [6.45, 7) is 4.14. The topological polar surface area (TPSA) is 0 Å². The molecule has 1 aromatic rings. The second-order valence-corrected chi connectivity index (χ2v) is 6.22. The highest BCUT2D eigenvalue weighted by atomic mass is 79.9. The van der Waals surface area contributed by atoms with Gasteiger partial charge < -0.3 is 0 Å². The Morgan fingerprint density at radius 1 is 1.24 bits per heavy atom. The Hall–Kier alpha value is -0.160. The maximum absolute atomic E-state index is 12.5. The summed E-state index contributed by atoms with van der Waals surface area (Å²) in [5.41, 5.74) is -0.516. The molecule has 1 aromatic carbocycles. The molecule has 0 saturated carbocycles. The average molecular weight is 327 g/mol. The number of hydrogen-bond acceptors (Lipinski definition) is 1. The van der Waals surface area contributed by atoms with Crippen LogP contribution in [-0.4, -0.2) is 11.1 Å². The van der Waals surface area contributed by atoms with Crippen LogP contribution in [0.3, 0.4) is 0 Å². The molecule has 0 nitrogen and oxygen atoms in total. The third-order valence-corrected chi connectivity index (χ3v) is 5.18. The zero-order valence-corrected chi connectivity index (χ0v) is 12.0. The van der Waals surface area contributed by atoms with Crippen molar-refractivity contribution in [3.8, 4) is 0 Å². The minimum atomic E-state index is -4.26. The summed E-state index contributed by atoms with van der Waals surface area (Å²) < 4.78 is 37.5. The van der Waals surface area contributed by atoms with E-state index in [0.717, 1.165) is 17.1 Å². The summed E-state index contributed by atoms with van der Waals surface area (Å²) in [6.07, 6.45) is -4.26. The van der Waals surface area contributed by atoms with Gasteiger partial charge in [-0.25, -0.2) is 0 Å². The monoisotopic (exact) mass is 326 g/mol. The highest BCUT2D eigenvalue weighted by Gasteiger charge is 2.30. The van der Waals surface area contributed by atoms with Crippen LogP contribution in [0.4, 0.5) is 13.2 Å². The molecule has 0 aliphatic carbocycles. The van der Waals surface area contributed by atoms with Gasteiger partial charge in [-0.15, -0.1) is 11.8 Å². The van der Waals surface area contributed by atoms with Crippen LogP contribution in [0.1, 0.15) is 19.4 Å². The van der Waals surface area contributed by atoms with Gasteiger partial charge in [-0.3, -0.25) is 0 Å². The second-order valence-electron chi connectivity index (χ2n) is 4.61. The molecule has 96 valence electrons. The Morgan fingerprint density at radius 3 is 2.41 bits per heavy atom. The van der Waals surface area contributed by atoms with Crippen molar-refractivity contribution in [3.05, 3.63) is 29.8 Å². The lowest BCUT2D eigenvalue weighted by molar-refractivity contribution is -0.137. The Labute approximate surface area is 112 Å². The molecule has 0 heterocycles. The molecular formula is C12H14BrF3S. The Bertz CT molecular complexity index is 374. The summed E-state index contributed by atoms with van der Waals surface area (Å²) in [4.78, 5) is 0.661. The molecule has 1 rings (SSSR count). The van der Waals surface area contributed by atoms with Crippen LogP contribution < -0.4 is 0 Å². The van der Waals surface area contributed by atoms with E-state index >= 15 is 0 Å². The Kier molecular flexibility index (Phi) is 4.95. The quantitative estimate of drug-likeness (QED) is 0.540. The van der Waals surface area contributed by atoms with Crippen LogP contribution in [0.2, 0.25) is 0 Å². The minimum absolute atomic E-state index is 0.0684. The van der Waals surface area contributed by atoms with Gasteiger partial charge >= 0.3 is 6.18 Å². The van der Waals surface area contributed by atoms with Crippen molar-refractivity contribution in [3.63, 3.8) is 0 Å². The second kappa shape index (κ2) is 5.65. The molecule has 0 bridgehead atoms. The minimum Gasteiger partial charge on any atom is -0.166 e. The fourth-order valence-electron chi connectivity index (χ4n) is 1.08. The fourth-order valence-corrected chi connectivity index (χ4v) is 2.58. The largest absolute Gasteiger partial charge is 0.416 e.